The van der Waals surface area contributed by atoms with Gasteiger partial charge in [-0.25, -0.2) is 4.98 Å². The predicted molar refractivity (Wildman–Crippen MR) is 122 cm³/mol. The topological polar surface area (TPSA) is 71.1 Å². The van der Waals surface area contributed by atoms with Gasteiger partial charge in [0.1, 0.15) is 6.04 Å². The Hall–Kier alpha value is -3.29. The average Bonchev–Trinajstić information content (AvgIpc) is 3.45. The number of benzene rings is 2. The third-order valence-electron chi connectivity index (χ3n) is 4.46. The number of aryl methyl sites for hydroxylation is 1. The van der Waals surface area contributed by atoms with Gasteiger partial charge in [-0.15, -0.1) is 22.7 Å². The molecule has 1 atom stereocenters. The summed E-state index contributed by atoms with van der Waals surface area (Å²) in [6.07, 6.45) is 0. The predicted octanol–water partition coefficient (Wildman–Crippen LogP) is 5.29. The third kappa shape index (κ3) is 4.64. The number of amides is 2. The van der Waals surface area contributed by atoms with Gasteiger partial charge in [0, 0.05) is 16.6 Å². The number of aromatic nitrogens is 1. The first-order valence-corrected chi connectivity index (χ1v) is 11.1. The van der Waals surface area contributed by atoms with Crippen LogP contribution in [0.25, 0.3) is 11.3 Å². The lowest BCUT2D eigenvalue weighted by Crippen LogP contribution is -2.36. The molecule has 2 aromatic heterocycles. The molecule has 2 heterocycles. The summed E-state index contributed by atoms with van der Waals surface area (Å²) in [5, 5.41) is 10.6. The summed E-state index contributed by atoms with van der Waals surface area (Å²) in [4.78, 5) is 30.8. The molecule has 0 radical (unpaired) electrons. The highest BCUT2D eigenvalue weighted by Gasteiger charge is 2.24. The van der Waals surface area contributed by atoms with E-state index in [1.165, 1.54) is 11.3 Å². The zero-order valence-corrected chi connectivity index (χ0v) is 17.8. The van der Waals surface area contributed by atoms with Crippen molar-refractivity contribution in [2.24, 2.45) is 0 Å². The smallest absolute Gasteiger partial charge is 0.262 e. The summed E-state index contributed by atoms with van der Waals surface area (Å²) >= 11 is 2.92. The van der Waals surface area contributed by atoms with Gasteiger partial charge >= 0.3 is 0 Å². The van der Waals surface area contributed by atoms with Crippen LogP contribution >= 0.6 is 22.7 Å². The molecule has 0 fully saturated rings. The van der Waals surface area contributed by atoms with Crippen molar-refractivity contribution in [3.05, 3.63) is 92.9 Å². The number of rotatable bonds is 6. The van der Waals surface area contributed by atoms with Crippen molar-refractivity contribution < 1.29 is 9.59 Å². The van der Waals surface area contributed by atoms with Gasteiger partial charge in [0.25, 0.3) is 11.8 Å². The molecule has 0 aliphatic carbocycles. The molecule has 4 aromatic rings. The van der Waals surface area contributed by atoms with Crippen LogP contribution in [0, 0.1) is 6.92 Å². The number of carbonyl (C=O) groups excluding carboxylic acids is 2. The molecule has 150 valence electrons. The van der Waals surface area contributed by atoms with Crippen LogP contribution in [0.4, 0.5) is 5.69 Å². The van der Waals surface area contributed by atoms with E-state index in [2.05, 4.69) is 15.6 Å². The minimum atomic E-state index is -0.814. The second-order valence-electron chi connectivity index (χ2n) is 6.62. The molecular weight excluding hydrogens is 414 g/mol. The largest absolute Gasteiger partial charge is 0.336 e. The Labute approximate surface area is 182 Å². The maximum Gasteiger partial charge on any atom is 0.262 e. The molecule has 0 saturated carbocycles. The summed E-state index contributed by atoms with van der Waals surface area (Å²) in [7, 11) is 0. The molecule has 2 amide bonds. The van der Waals surface area contributed by atoms with Gasteiger partial charge in [0.05, 0.1) is 15.6 Å². The van der Waals surface area contributed by atoms with E-state index in [0.29, 0.717) is 16.1 Å². The van der Waals surface area contributed by atoms with Crippen LogP contribution in [-0.4, -0.2) is 16.8 Å². The fourth-order valence-electron chi connectivity index (χ4n) is 3.02. The number of nitrogens with one attached hydrogen (secondary N) is 2. The Kier molecular flexibility index (Phi) is 6.02. The Morgan fingerprint density at radius 3 is 2.50 bits per heavy atom. The summed E-state index contributed by atoms with van der Waals surface area (Å²) in [5.41, 5.74) is 3.16. The second-order valence-corrected chi connectivity index (χ2v) is 8.63. The molecule has 0 saturated heterocycles. The van der Waals surface area contributed by atoms with E-state index in [1.54, 1.807) is 17.4 Å². The van der Waals surface area contributed by atoms with Gasteiger partial charge in [-0.2, -0.15) is 0 Å². The number of thiophene rings is 1. The molecule has 1 unspecified atom stereocenters. The lowest BCUT2D eigenvalue weighted by Gasteiger charge is -2.19. The molecule has 7 heteroatoms. The Bertz CT molecular complexity index is 1150. The van der Waals surface area contributed by atoms with E-state index in [1.807, 2.05) is 78.3 Å². The monoisotopic (exact) mass is 433 g/mol. The van der Waals surface area contributed by atoms with E-state index in [4.69, 9.17) is 0 Å². The normalized spacial score (nSPS) is 11.6. The quantitative estimate of drug-likeness (QED) is 0.434. The summed E-state index contributed by atoms with van der Waals surface area (Å²) < 4.78 is 0. The lowest BCUT2D eigenvalue weighted by molar-refractivity contribution is -0.118. The van der Waals surface area contributed by atoms with Crippen molar-refractivity contribution in [1.82, 2.24) is 10.3 Å². The number of carbonyl (C=O) groups is 2. The highest BCUT2D eigenvalue weighted by atomic mass is 32.1. The Morgan fingerprint density at radius 2 is 1.80 bits per heavy atom. The van der Waals surface area contributed by atoms with E-state index in [9.17, 15) is 9.59 Å². The van der Waals surface area contributed by atoms with Crippen molar-refractivity contribution in [1.29, 1.82) is 0 Å². The molecular formula is C23H19N3O2S2. The highest BCUT2D eigenvalue weighted by molar-refractivity contribution is 7.12. The third-order valence-corrected chi connectivity index (χ3v) is 6.10. The molecule has 30 heavy (non-hydrogen) atoms. The van der Waals surface area contributed by atoms with Crippen molar-refractivity contribution in [3.63, 3.8) is 0 Å². The summed E-state index contributed by atoms with van der Waals surface area (Å²) in [6.45, 7) is 1.96. The Morgan fingerprint density at radius 1 is 0.967 bits per heavy atom. The fraction of sp³-hybridized carbons (Fsp3) is 0.0870. The molecule has 2 N–H and O–H groups in total. The highest BCUT2D eigenvalue weighted by Crippen LogP contribution is 2.25. The van der Waals surface area contributed by atoms with Crippen LogP contribution in [0.15, 0.2) is 77.5 Å². The molecule has 0 spiro atoms. The first kappa shape index (κ1) is 20.0. The first-order chi connectivity index (χ1) is 14.6. The minimum Gasteiger partial charge on any atom is -0.336 e. The van der Waals surface area contributed by atoms with Crippen molar-refractivity contribution in [3.8, 4) is 11.3 Å². The Balaban J connectivity index is 1.57. The van der Waals surface area contributed by atoms with E-state index in [0.717, 1.165) is 16.3 Å². The summed E-state index contributed by atoms with van der Waals surface area (Å²) in [6, 6.07) is 19.5. The van der Waals surface area contributed by atoms with E-state index < -0.39 is 6.04 Å². The zero-order chi connectivity index (χ0) is 20.9. The molecule has 0 bridgehead atoms. The van der Waals surface area contributed by atoms with Crippen LogP contribution < -0.4 is 10.6 Å². The van der Waals surface area contributed by atoms with Gasteiger partial charge in [-0.1, -0.05) is 48.5 Å². The van der Waals surface area contributed by atoms with Crippen molar-refractivity contribution >= 4 is 40.2 Å². The van der Waals surface area contributed by atoms with Crippen LogP contribution in [0.1, 0.15) is 26.3 Å². The number of anilines is 1. The van der Waals surface area contributed by atoms with Gasteiger partial charge in [0.2, 0.25) is 0 Å². The number of hydrogen-bond acceptors (Lipinski definition) is 5. The van der Waals surface area contributed by atoms with Crippen molar-refractivity contribution in [2.45, 2.75) is 13.0 Å². The van der Waals surface area contributed by atoms with Crippen LogP contribution in [0.5, 0.6) is 0 Å². The first-order valence-electron chi connectivity index (χ1n) is 9.33. The van der Waals surface area contributed by atoms with Gasteiger partial charge in [-0.05, 0) is 36.1 Å². The van der Waals surface area contributed by atoms with Gasteiger partial charge < -0.3 is 10.6 Å². The fourth-order valence-corrected chi connectivity index (χ4v) is 4.27. The zero-order valence-electron chi connectivity index (χ0n) is 16.2. The SMILES string of the molecule is Cc1nc(-c2cccc(NC(=O)C(NC(=O)c3cccs3)c3ccccc3)c2)cs1. The number of hydrogen-bond donors (Lipinski definition) is 2. The van der Waals surface area contributed by atoms with Crippen molar-refractivity contribution in [2.75, 3.05) is 5.32 Å². The second kappa shape index (κ2) is 9.02. The number of thiazole rings is 1. The average molecular weight is 434 g/mol. The summed E-state index contributed by atoms with van der Waals surface area (Å²) in [5.74, 6) is -0.585. The lowest BCUT2D eigenvalue weighted by atomic mass is 10.1. The standard InChI is InChI=1S/C23H19N3O2S2/c1-15-24-19(14-30-15)17-9-5-10-18(13-17)25-23(28)21(16-7-3-2-4-8-16)26-22(27)20-11-6-12-29-20/h2-14,21H,1H3,(H,25,28)(H,26,27). The maximum absolute atomic E-state index is 13.1. The van der Waals surface area contributed by atoms with Crippen LogP contribution in [-0.2, 0) is 4.79 Å². The molecule has 5 nitrogen and oxygen atoms in total. The van der Waals surface area contributed by atoms with Crippen LogP contribution in [0.3, 0.4) is 0 Å². The number of nitrogens with zero attached hydrogens (tertiary/aromatic N) is 1. The van der Waals surface area contributed by atoms with Gasteiger partial charge in [-0.3, -0.25) is 9.59 Å². The molecule has 0 aliphatic heterocycles. The molecule has 4 rings (SSSR count). The van der Waals surface area contributed by atoms with E-state index in [-0.39, 0.29) is 11.8 Å². The van der Waals surface area contributed by atoms with E-state index >= 15 is 0 Å². The van der Waals surface area contributed by atoms with Gasteiger partial charge in [0.15, 0.2) is 0 Å². The molecule has 2 aromatic carbocycles. The maximum atomic E-state index is 13.1. The minimum absolute atomic E-state index is 0.277. The van der Waals surface area contributed by atoms with Crippen LogP contribution in [0.2, 0.25) is 0 Å². The molecule has 0 aliphatic rings.